The summed E-state index contributed by atoms with van der Waals surface area (Å²) in [4.78, 5) is 11.3. The number of esters is 1. The Hall–Kier alpha value is -1.44. The minimum atomic E-state index is -3.61. The van der Waals surface area contributed by atoms with Gasteiger partial charge in [0.25, 0.3) is 0 Å². The first-order valence-electron chi connectivity index (χ1n) is 5.60. The van der Waals surface area contributed by atoms with Crippen molar-refractivity contribution in [2.45, 2.75) is 17.9 Å². The summed E-state index contributed by atoms with van der Waals surface area (Å²) in [5.74, 6) is -0.510. The van der Waals surface area contributed by atoms with Gasteiger partial charge in [-0.1, -0.05) is 0 Å². The molecule has 0 aromatic heterocycles. The van der Waals surface area contributed by atoms with Crippen molar-refractivity contribution in [3.8, 4) is 0 Å². The third-order valence-electron chi connectivity index (χ3n) is 2.36. The van der Waals surface area contributed by atoms with Crippen molar-refractivity contribution in [2.24, 2.45) is 0 Å². The molecule has 0 aliphatic rings. The van der Waals surface area contributed by atoms with Crippen LogP contribution in [0, 0.1) is 0 Å². The van der Waals surface area contributed by atoms with Gasteiger partial charge < -0.3 is 9.47 Å². The predicted octanol–water partition coefficient (Wildman–Crippen LogP) is 0.786. The van der Waals surface area contributed by atoms with Gasteiger partial charge in [-0.05, 0) is 31.2 Å². The number of benzene rings is 1. The van der Waals surface area contributed by atoms with E-state index >= 15 is 0 Å². The van der Waals surface area contributed by atoms with E-state index in [1.807, 2.05) is 0 Å². The van der Waals surface area contributed by atoms with Gasteiger partial charge in [0, 0.05) is 13.2 Å². The van der Waals surface area contributed by atoms with E-state index < -0.39 is 16.0 Å². The minimum absolute atomic E-state index is 0.0862. The van der Waals surface area contributed by atoms with Crippen LogP contribution in [0.25, 0.3) is 0 Å². The third kappa shape index (κ3) is 4.30. The molecule has 0 saturated heterocycles. The van der Waals surface area contributed by atoms with Crippen LogP contribution in [0.15, 0.2) is 29.2 Å². The Morgan fingerprint density at radius 2 is 1.84 bits per heavy atom. The molecule has 0 amide bonds. The molecule has 0 aliphatic heterocycles. The van der Waals surface area contributed by atoms with Crippen LogP contribution in [0.1, 0.15) is 17.3 Å². The molecule has 0 spiro atoms. The summed E-state index contributed by atoms with van der Waals surface area (Å²) < 4.78 is 35.8. The zero-order chi connectivity index (χ0) is 14.5. The lowest BCUT2D eigenvalue weighted by atomic mass is 10.2. The van der Waals surface area contributed by atoms with Gasteiger partial charge in [0.15, 0.2) is 0 Å². The summed E-state index contributed by atoms with van der Waals surface area (Å²) in [6.45, 7) is 1.98. The Labute approximate surface area is 112 Å². The fourth-order valence-electron chi connectivity index (χ4n) is 1.50. The number of hydrogen-bond acceptors (Lipinski definition) is 5. The van der Waals surface area contributed by atoms with Crippen LogP contribution >= 0.6 is 0 Å². The van der Waals surface area contributed by atoms with Crippen molar-refractivity contribution in [3.05, 3.63) is 29.8 Å². The zero-order valence-electron chi connectivity index (χ0n) is 11.0. The van der Waals surface area contributed by atoms with Crippen LogP contribution in [0.2, 0.25) is 0 Å². The highest BCUT2D eigenvalue weighted by Gasteiger charge is 2.17. The molecule has 0 unspecified atom stereocenters. The summed E-state index contributed by atoms with van der Waals surface area (Å²) in [7, 11) is -0.852. The highest BCUT2D eigenvalue weighted by Crippen LogP contribution is 2.11. The molecule has 1 aromatic carbocycles. The Balaban J connectivity index is 2.88. The van der Waals surface area contributed by atoms with Gasteiger partial charge in [-0.15, -0.1) is 0 Å². The SMILES string of the molecule is COC[C@@H](C)NS(=O)(=O)c1ccc(C(=O)OC)cc1. The molecule has 0 saturated carbocycles. The number of hydrogen-bond donors (Lipinski definition) is 1. The lowest BCUT2D eigenvalue weighted by Crippen LogP contribution is -2.35. The van der Waals surface area contributed by atoms with Crippen LogP contribution in [0.4, 0.5) is 0 Å². The molecule has 0 aliphatic carbocycles. The number of carbonyl (C=O) groups is 1. The van der Waals surface area contributed by atoms with Gasteiger partial charge in [-0.2, -0.15) is 0 Å². The van der Waals surface area contributed by atoms with Crippen molar-refractivity contribution in [2.75, 3.05) is 20.8 Å². The van der Waals surface area contributed by atoms with E-state index in [1.54, 1.807) is 6.92 Å². The van der Waals surface area contributed by atoms with Crippen molar-refractivity contribution in [1.82, 2.24) is 4.72 Å². The maximum Gasteiger partial charge on any atom is 0.337 e. The van der Waals surface area contributed by atoms with Crippen LogP contribution in [0.3, 0.4) is 0 Å². The number of methoxy groups -OCH3 is 2. The Kier molecular flexibility index (Phi) is 5.46. The standard InChI is InChI=1S/C12H17NO5S/c1-9(8-17-2)13-19(15,16)11-6-4-10(5-7-11)12(14)18-3/h4-7,9,13H,8H2,1-3H3/t9-/m1/s1. The lowest BCUT2D eigenvalue weighted by molar-refractivity contribution is 0.0600. The molecular weight excluding hydrogens is 270 g/mol. The van der Waals surface area contributed by atoms with Crippen molar-refractivity contribution in [3.63, 3.8) is 0 Å². The summed E-state index contributed by atoms with van der Waals surface area (Å²) in [6.07, 6.45) is 0. The van der Waals surface area contributed by atoms with Gasteiger partial charge in [-0.3, -0.25) is 0 Å². The van der Waals surface area contributed by atoms with Gasteiger partial charge in [0.1, 0.15) is 0 Å². The van der Waals surface area contributed by atoms with E-state index in [0.29, 0.717) is 5.56 Å². The highest BCUT2D eigenvalue weighted by atomic mass is 32.2. The molecule has 1 N–H and O–H groups in total. The number of nitrogens with one attached hydrogen (secondary N) is 1. The van der Waals surface area contributed by atoms with Crippen LogP contribution in [0.5, 0.6) is 0 Å². The van der Waals surface area contributed by atoms with E-state index in [1.165, 1.54) is 38.5 Å². The summed E-state index contributed by atoms with van der Waals surface area (Å²) in [6, 6.07) is 5.18. The molecule has 0 heterocycles. The Bertz CT molecular complexity index is 524. The van der Waals surface area contributed by atoms with E-state index in [-0.39, 0.29) is 17.5 Å². The van der Waals surface area contributed by atoms with Crippen LogP contribution < -0.4 is 4.72 Å². The van der Waals surface area contributed by atoms with Crippen LogP contribution in [-0.4, -0.2) is 41.3 Å². The number of carbonyl (C=O) groups excluding carboxylic acids is 1. The lowest BCUT2D eigenvalue weighted by Gasteiger charge is -2.13. The van der Waals surface area contributed by atoms with Gasteiger partial charge in [0.05, 0.1) is 24.2 Å². The number of sulfonamides is 1. The smallest absolute Gasteiger partial charge is 0.337 e. The monoisotopic (exact) mass is 287 g/mol. The maximum absolute atomic E-state index is 12.0. The second-order valence-corrected chi connectivity index (χ2v) is 5.71. The Morgan fingerprint density at radius 3 is 2.32 bits per heavy atom. The second-order valence-electron chi connectivity index (χ2n) is 3.99. The van der Waals surface area contributed by atoms with Crippen LogP contribution in [-0.2, 0) is 19.5 Å². The van der Waals surface area contributed by atoms with Crippen molar-refractivity contribution in [1.29, 1.82) is 0 Å². The summed E-state index contributed by atoms with van der Waals surface area (Å²) >= 11 is 0. The van der Waals surface area contributed by atoms with E-state index in [0.717, 1.165) is 0 Å². The first kappa shape index (κ1) is 15.6. The molecule has 1 rings (SSSR count). The maximum atomic E-state index is 12.0. The quantitative estimate of drug-likeness (QED) is 0.782. The first-order valence-corrected chi connectivity index (χ1v) is 7.08. The van der Waals surface area contributed by atoms with Crippen molar-refractivity contribution >= 4 is 16.0 Å². The second kappa shape index (κ2) is 6.65. The molecule has 1 aromatic rings. The van der Waals surface area contributed by atoms with Crippen molar-refractivity contribution < 1.29 is 22.7 Å². The fourth-order valence-corrected chi connectivity index (χ4v) is 2.73. The fraction of sp³-hybridized carbons (Fsp3) is 0.417. The third-order valence-corrected chi connectivity index (χ3v) is 3.96. The molecule has 6 nitrogen and oxygen atoms in total. The minimum Gasteiger partial charge on any atom is -0.465 e. The van der Waals surface area contributed by atoms with E-state index in [4.69, 9.17) is 4.74 Å². The molecule has 19 heavy (non-hydrogen) atoms. The van der Waals surface area contributed by atoms with Gasteiger partial charge in [0.2, 0.25) is 10.0 Å². The largest absolute Gasteiger partial charge is 0.465 e. The van der Waals surface area contributed by atoms with E-state index in [9.17, 15) is 13.2 Å². The topological polar surface area (TPSA) is 81.7 Å². The molecule has 0 radical (unpaired) electrons. The first-order chi connectivity index (χ1) is 8.90. The molecule has 0 fully saturated rings. The predicted molar refractivity (Wildman–Crippen MR) is 69.4 cm³/mol. The molecule has 7 heteroatoms. The number of rotatable bonds is 6. The van der Waals surface area contributed by atoms with E-state index in [2.05, 4.69) is 9.46 Å². The normalized spacial score (nSPS) is 13.0. The van der Waals surface area contributed by atoms with Gasteiger partial charge >= 0.3 is 5.97 Å². The molecule has 106 valence electrons. The summed E-state index contributed by atoms with van der Waals surface area (Å²) in [5, 5.41) is 0. The highest BCUT2D eigenvalue weighted by molar-refractivity contribution is 7.89. The molecule has 1 atom stereocenters. The summed E-state index contributed by atoms with van der Waals surface area (Å²) in [5.41, 5.74) is 0.298. The average molecular weight is 287 g/mol. The Morgan fingerprint density at radius 1 is 1.26 bits per heavy atom. The van der Waals surface area contributed by atoms with Gasteiger partial charge in [-0.25, -0.2) is 17.9 Å². The molecular formula is C12H17NO5S. The zero-order valence-corrected chi connectivity index (χ0v) is 11.9. The number of ether oxygens (including phenoxy) is 2. The average Bonchev–Trinajstić information content (AvgIpc) is 2.37. The molecule has 0 bridgehead atoms.